The fraction of sp³-hybridized carbons (Fsp3) is 0.435. The lowest BCUT2D eigenvalue weighted by atomic mass is 9.99. The number of nitrogens with one attached hydrogen (secondary N) is 1. The number of nitriles is 1. The molecule has 3 aliphatic rings. The highest BCUT2D eigenvalue weighted by atomic mass is 35.5. The molecule has 2 atom stereocenters. The van der Waals surface area contributed by atoms with Crippen LogP contribution >= 0.6 is 11.6 Å². The maximum absolute atomic E-state index is 13.0. The number of benzene rings is 1. The fourth-order valence-electron chi connectivity index (χ4n) is 5.48. The molecular formula is C23H23ClN6O2S. The van der Waals surface area contributed by atoms with E-state index in [0.29, 0.717) is 16.3 Å². The first-order valence-corrected chi connectivity index (χ1v) is 13.1. The van der Waals surface area contributed by atoms with Crippen molar-refractivity contribution in [3.8, 4) is 6.07 Å². The van der Waals surface area contributed by atoms with E-state index in [1.807, 2.05) is 16.6 Å². The number of hydrogen-bond acceptors (Lipinski definition) is 6. The molecule has 4 heterocycles. The Labute approximate surface area is 197 Å². The van der Waals surface area contributed by atoms with Gasteiger partial charge in [-0.1, -0.05) is 11.6 Å². The summed E-state index contributed by atoms with van der Waals surface area (Å²) in [4.78, 5) is 0. The first-order valence-electron chi connectivity index (χ1n) is 11.3. The van der Waals surface area contributed by atoms with Crippen molar-refractivity contribution < 1.29 is 8.42 Å². The van der Waals surface area contributed by atoms with Crippen LogP contribution < -0.4 is 5.32 Å². The third kappa shape index (κ3) is 3.48. The second-order valence-electron chi connectivity index (χ2n) is 9.23. The number of piperidine rings is 1. The van der Waals surface area contributed by atoms with Gasteiger partial charge < -0.3 is 9.88 Å². The van der Waals surface area contributed by atoms with Crippen molar-refractivity contribution in [1.82, 2.24) is 19.1 Å². The fourth-order valence-corrected chi connectivity index (χ4v) is 7.99. The Kier molecular flexibility index (Phi) is 4.87. The van der Waals surface area contributed by atoms with Gasteiger partial charge in [-0.25, -0.2) is 8.42 Å². The van der Waals surface area contributed by atoms with Gasteiger partial charge in [0.25, 0.3) is 0 Å². The van der Waals surface area contributed by atoms with Crippen molar-refractivity contribution in [1.29, 1.82) is 5.26 Å². The Morgan fingerprint density at radius 3 is 2.48 bits per heavy atom. The quantitative estimate of drug-likeness (QED) is 0.579. The molecule has 1 saturated carbocycles. The lowest BCUT2D eigenvalue weighted by molar-refractivity contribution is 0.195. The molecular weight excluding hydrogens is 460 g/mol. The van der Waals surface area contributed by atoms with Crippen molar-refractivity contribution >= 4 is 44.0 Å². The average molecular weight is 483 g/mol. The standard InChI is InChI=1S/C23H23ClN6O2S/c24-20-9-14(12-25)1-6-21(20)27-22-13-26-28-23-19(22)7-8-29(23)17-10-15-2-3-16(11-17)30(15)33(31,32)18-4-5-18/h1,6-9,13,15-18H,2-5,10-11H2,(H,27,28)/t15-,16-/m0/s1. The lowest BCUT2D eigenvalue weighted by Crippen LogP contribution is -2.48. The van der Waals surface area contributed by atoms with Crippen LogP contribution in [0.3, 0.4) is 0 Å². The predicted octanol–water partition coefficient (Wildman–Crippen LogP) is 4.36. The number of hydrogen-bond donors (Lipinski definition) is 1. The molecule has 0 radical (unpaired) electrons. The van der Waals surface area contributed by atoms with Crippen LogP contribution in [-0.2, 0) is 10.0 Å². The van der Waals surface area contributed by atoms with Crippen molar-refractivity contribution in [2.75, 3.05) is 5.32 Å². The molecule has 0 unspecified atom stereocenters. The molecule has 33 heavy (non-hydrogen) atoms. The molecule has 170 valence electrons. The molecule has 1 N–H and O–H groups in total. The van der Waals surface area contributed by atoms with Crippen molar-refractivity contribution in [2.24, 2.45) is 0 Å². The van der Waals surface area contributed by atoms with E-state index in [0.717, 1.165) is 55.2 Å². The van der Waals surface area contributed by atoms with Gasteiger partial charge in [-0.05, 0) is 62.8 Å². The maximum Gasteiger partial charge on any atom is 0.217 e. The number of aromatic nitrogens is 3. The van der Waals surface area contributed by atoms with E-state index < -0.39 is 10.0 Å². The molecule has 2 aromatic heterocycles. The Morgan fingerprint density at radius 1 is 1.06 bits per heavy atom. The minimum Gasteiger partial charge on any atom is -0.352 e. The van der Waals surface area contributed by atoms with E-state index in [-0.39, 0.29) is 23.4 Å². The summed E-state index contributed by atoms with van der Waals surface area (Å²) in [5.74, 6) is 0. The molecule has 0 amide bonds. The van der Waals surface area contributed by atoms with Gasteiger partial charge in [0, 0.05) is 29.7 Å². The Hall–Kier alpha value is -2.67. The highest BCUT2D eigenvalue weighted by Crippen LogP contribution is 2.46. The second-order valence-corrected chi connectivity index (χ2v) is 11.8. The van der Waals surface area contributed by atoms with E-state index in [1.165, 1.54) is 0 Å². The molecule has 1 aromatic carbocycles. The molecule has 8 nitrogen and oxygen atoms in total. The van der Waals surface area contributed by atoms with Gasteiger partial charge in [0.15, 0.2) is 5.65 Å². The number of sulfonamides is 1. The Bertz CT molecular complexity index is 1380. The van der Waals surface area contributed by atoms with Crippen LogP contribution in [0.1, 0.15) is 50.1 Å². The summed E-state index contributed by atoms with van der Waals surface area (Å²) in [6, 6.07) is 9.54. The van der Waals surface area contributed by atoms with Crippen molar-refractivity contribution in [3.05, 3.63) is 47.2 Å². The molecule has 6 rings (SSSR count). The first kappa shape index (κ1) is 20.9. The van der Waals surface area contributed by atoms with Crippen LogP contribution in [0.15, 0.2) is 36.7 Å². The summed E-state index contributed by atoms with van der Waals surface area (Å²) < 4.78 is 29.9. The summed E-state index contributed by atoms with van der Waals surface area (Å²) in [5.41, 5.74) is 2.74. The van der Waals surface area contributed by atoms with Crippen LogP contribution in [0.2, 0.25) is 5.02 Å². The third-order valence-electron chi connectivity index (χ3n) is 7.16. The third-order valence-corrected chi connectivity index (χ3v) is 9.97. The minimum absolute atomic E-state index is 0.0727. The molecule has 0 spiro atoms. The Balaban J connectivity index is 1.28. The molecule has 2 bridgehead atoms. The van der Waals surface area contributed by atoms with Crippen LogP contribution in [0.5, 0.6) is 0 Å². The van der Waals surface area contributed by atoms with Crippen LogP contribution in [0.4, 0.5) is 11.4 Å². The van der Waals surface area contributed by atoms with Gasteiger partial charge in [0.05, 0.1) is 39.5 Å². The SMILES string of the molecule is N#Cc1ccc(Nc2cnnc3c2ccn3C2C[C@@H]3CC[C@@H](C2)N3S(=O)(=O)C2CC2)c(Cl)c1. The number of anilines is 2. The maximum atomic E-state index is 13.0. The van der Waals surface area contributed by atoms with Crippen molar-refractivity contribution in [3.63, 3.8) is 0 Å². The molecule has 2 aliphatic heterocycles. The molecule has 2 saturated heterocycles. The van der Waals surface area contributed by atoms with E-state index in [9.17, 15) is 8.42 Å². The molecule has 10 heteroatoms. The zero-order valence-electron chi connectivity index (χ0n) is 17.9. The zero-order valence-corrected chi connectivity index (χ0v) is 19.4. The number of halogens is 1. The van der Waals surface area contributed by atoms with Crippen molar-refractivity contribution in [2.45, 2.75) is 61.9 Å². The largest absolute Gasteiger partial charge is 0.352 e. The van der Waals surface area contributed by atoms with Crippen LogP contribution in [-0.4, -0.2) is 44.8 Å². The molecule has 3 aromatic rings. The normalized spacial score (nSPS) is 25.3. The first-order chi connectivity index (χ1) is 16.0. The van der Waals surface area contributed by atoms with Gasteiger partial charge in [-0.15, -0.1) is 5.10 Å². The zero-order chi connectivity index (χ0) is 22.7. The van der Waals surface area contributed by atoms with Gasteiger partial charge >= 0.3 is 0 Å². The minimum atomic E-state index is -3.16. The van der Waals surface area contributed by atoms with E-state index >= 15 is 0 Å². The number of nitrogens with zero attached hydrogens (tertiary/aromatic N) is 5. The summed E-state index contributed by atoms with van der Waals surface area (Å²) >= 11 is 6.34. The predicted molar refractivity (Wildman–Crippen MR) is 126 cm³/mol. The van der Waals surface area contributed by atoms with Crippen LogP contribution in [0, 0.1) is 11.3 Å². The smallest absolute Gasteiger partial charge is 0.217 e. The average Bonchev–Trinajstić information content (AvgIpc) is 3.52. The summed E-state index contributed by atoms with van der Waals surface area (Å²) in [6.07, 6.45) is 8.76. The van der Waals surface area contributed by atoms with Gasteiger partial charge in [0.2, 0.25) is 10.0 Å². The summed E-state index contributed by atoms with van der Waals surface area (Å²) in [5, 5.41) is 22.2. The summed E-state index contributed by atoms with van der Waals surface area (Å²) in [6.45, 7) is 0. The highest BCUT2D eigenvalue weighted by Gasteiger charge is 2.51. The van der Waals surface area contributed by atoms with E-state index in [4.69, 9.17) is 16.9 Å². The van der Waals surface area contributed by atoms with E-state index in [1.54, 1.807) is 24.4 Å². The van der Waals surface area contributed by atoms with Gasteiger partial charge in [-0.3, -0.25) is 0 Å². The highest BCUT2D eigenvalue weighted by molar-refractivity contribution is 7.90. The number of rotatable bonds is 5. The van der Waals surface area contributed by atoms with E-state index in [2.05, 4.69) is 26.2 Å². The lowest BCUT2D eigenvalue weighted by Gasteiger charge is -2.38. The molecule has 3 fully saturated rings. The second kappa shape index (κ2) is 7.69. The Morgan fingerprint density at radius 2 is 1.82 bits per heavy atom. The molecule has 1 aliphatic carbocycles. The van der Waals surface area contributed by atoms with Gasteiger partial charge in [-0.2, -0.15) is 14.7 Å². The van der Waals surface area contributed by atoms with Crippen LogP contribution in [0.25, 0.3) is 11.0 Å². The summed E-state index contributed by atoms with van der Waals surface area (Å²) in [7, 11) is -3.16. The van der Waals surface area contributed by atoms with Gasteiger partial charge in [0.1, 0.15) is 0 Å². The topological polar surface area (TPSA) is 104 Å². The number of fused-ring (bicyclic) bond motifs is 3. The monoisotopic (exact) mass is 482 g/mol.